The second-order valence-electron chi connectivity index (χ2n) is 16.8. The summed E-state index contributed by atoms with van der Waals surface area (Å²) in [6.45, 7) is 23.9. The van der Waals surface area contributed by atoms with Gasteiger partial charge in [0.25, 0.3) is 0 Å². The highest BCUT2D eigenvalue weighted by molar-refractivity contribution is 6.89. The zero-order valence-corrected chi connectivity index (χ0v) is 31.4. The minimum absolute atomic E-state index is 0.00985. The topological polar surface area (TPSA) is 33.8 Å². The minimum Gasteiger partial charge on any atom is -0.437 e. The molecule has 6 heterocycles. The lowest BCUT2D eigenvalue weighted by Gasteiger charge is -2.33. The van der Waals surface area contributed by atoms with E-state index in [0.717, 1.165) is 47.0 Å². The van der Waals surface area contributed by atoms with Gasteiger partial charge >= 0.3 is 0 Å². The van der Waals surface area contributed by atoms with Gasteiger partial charge in [-0.1, -0.05) is 84.6 Å². The van der Waals surface area contributed by atoms with Gasteiger partial charge in [-0.2, -0.15) is 9.13 Å². The molecule has 2 aliphatic rings. The highest BCUT2D eigenvalue weighted by Gasteiger charge is 2.44. The average molecular weight is 664 g/mol. The van der Waals surface area contributed by atoms with Crippen LogP contribution < -0.4 is 14.3 Å². The maximum absolute atomic E-state index is 6.67. The maximum atomic E-state index is 6.67. The Balaban J connectivity index is 1.39. The first kappa shape index (κ1) is 31.9. The molecule has 49 heavy (non-hydrogen) atoms. The Hall–Kier alpha value is -4.35. The number of nitrogens with zero attached hydrogens (tertiary/aromatic N) is 3. The van der Waals surface area contributed by atoms with E-state index >= 15 is 0 Å². The highest BCUT2D eigenvalue weighted by atomic mass is 28.3. The molecule has 0 fully saturated rings. The van der Waals surface area contributed by atoms with Gasteiger partial charge in [-0.05, 0) is 71.2 Å². The number of aryl methyl sites for hydroxylation is 1. The first-order chi connectivity index (χ1) is 23.3. The van der Waals surface area contributed by atoms with Crippen molar-refractivity contribution in [2.24, 2.45) is 0 Å². The number of fused-ring (bicyclic) bond motifs is 13. The van der Waals surface area contributed by atoms with Crippen molar-refractivity contribution in [3.8, 4) is 22.5 Å². The molecule has 0 saturated heterocycles. The van der Waals surface area contributed by atoms with E-state index in [0.29, 0.717) is 17.5 Å². The number of pyridine rings is 3. The van der Waals surface area contributed by atoms with Crippen LogP contribution in [-0.2, 0) is 11.8 Å². The van der Waals surface area contributed by atoms with Gasteiger partial charge in [0, 0.05) is 51.8 Å². The smallest absolute Gasteiger partial charge is 0.227 e. The van der Waals surface area contributed by atoms with Crippen molar-refractivity contribution in [3.05, 3.63) is 114 Å². The summed E-state index contributed by atoms with van der Waals surface area (Å²) in [5.41, 5.74) is 13.3. The lowest BCUT2D eigenvalue weighted by molar-refractivity contribution is -0.719. The molecule has 0 spiro atoms. The predicted octanol–water partition coefficient (Wildman–Crippen LogP) is 10.0. The van der Waals surface area contributed by atoms with Gasteiger partial charge in [0.1, 0.15) is 0 Å². The maximum Gasteiger partial charge on any atom is 0.227 e. The number of benzene rings is 2. The fraction of sp³-hybridized carbons (Fsp3) is 0.341. The Morgan fingerprint density at radius 3 is 2.49 bits per heavy atom. The van der Waals surface area contributed by atoms with Crippen LogP contribution in [-0.4, -0.2) is 13.1 Å². The Morgan fingerprint density at radius 2 is 1.73 bits per heavy atom. The third-order valence-electron chi connectivity index (χ3n) is 11.1. The van der Waals surface area contributed by atoms with E-state index in [1.165, 1.54) is 39.1 Å². The van der Waals surface area contributed by atoms with Crippen LogP contribution in [0.3, 0.4) is 0 Å². The number of hydrogen-bond acceptors (Lipinski definition) is 2. The van der Waals surface area contributed by atoms with Gasteiger partial charge in [-0.15, -0.1) is 0 Å². The van der Waals surface area contributed by atoms with Crippen molar-refractivity contribution in [2.45, 2.75) is 96.8 Å². The van der Waals surface area contributed by atoms with E-state index in [1.807, 2.05) is 12.3 Å². The summed E-state index contributed by atoms with van der Waals surface area (Å²) in [6, 6.07) is 25.4. The molecule has 0 aliphatic carbocycles. The molecule has 4 nitrogen and oxygen atoms in total. The van der Waals surface area contributed by atoms with E-state index in [1.54, 1.807) is 5.19 Å². The molecule has 2 aliphatic heterocycles. The molecule has 6 aromatic rings. The summed E-state index contributed by atoms with van der Waals surface area (Å²) in [4.78, 5) is 4.62. The SMILES string of the molecule is C=C1CC2C(CCc3ccc4c(oc5ncccc54)c3-c3cc(C(C)(C)C)cc[n+]31)c1ccccc1-c1cc(C(C)C)c([Si](C)(C)C)c[n+]12. The van der Waals surface area contributed by atoms with Crippen molar-refractivity contribution >= 4 is 41.0 Å². The fourth-order valence-corrected chi connectivity index (χ4v) is 10.3. The molecular formula is C44H49N3OSi+2. The molecule has 0 N–H and O–H groups in total. The van der Waals surface area contributed by atoms with E-state index < -0.39 is 8.07 Å². The van der Waals surface area contributed by atoms with E-state index in [-0.39, 0.29) is 11.5 Å². The van der Waals surface area contributed by atoms with Gasteiger partial charge in [0.15, 0.2) is 29.7 Å². The third-order valence-corrected chi connectivity index (χ3v) is 13.2. The van der Waals surface area contributed by atoms with Crippen molar-refractivity contribution in [3.63, 3.8) is 0 Å². The second-order valence-corrected chi connectivity index (χ2v) is 21.8. The summed E-state index contributed by atoms with van der Waals surface area (Å²) in [7, 11) is -1.64. The van der Waals surface area contributed by atoms with E-state index in [4.69, 9.17) is 11.0 Å². The second kappa shape index (κ2) is 11.3. The normalized spacial score (nSPS) is 17.8. The molecule has 5 heteroatoms. The zero-order valence-electron chi connectivity index (χ0n) is 30.4. The molecule has 2 aromatic carbocycles. The fourth-order valence-electron chi connectivity index (χ4n) is 8.51. The van der Waals surface area contributed by atoms with Crippen LogP contribution in [0.5, 0.6) is 0 Å². The molecule has 4 aromatic heterocycles. The Kier molecular flexibility index (Phi) is 7.38. The van der Waals surface area contributed by atoms with Crippen molar-refractivity contribution in [1.29, 1.82) is 0 Å². The molecule has 8 rings (SSSR count). The predicted molar refractivity (Wildman–Crippen MR) is 205 cm³/mol. The average Bonchev–Trinajstić information content (AvgIpc) is 3.44. The van der Waals surface area contributed by atoms with Crippen LogP contribution >= 0.6 is 0 Å². The molecule has 0 amide bonds. The number of allylic oxidation sites excluding steroid dienone is 1. The summed E-state index contributed by atoms with van der Waals surface area (Å²) in [6.07, 6.45) is 9.47. The highest BCUT2D eigenvalue weighted by Crippen LogP contribution is 2.46. The van der Waals surface area contributed by atoms with Crippen LogP contribution in [0, 0.1) is 0 Å². The number of hydrogen-bond donors (Lipinski definition) is 0. The standard InChI is InChI=1S/C44H49N3OSi/c1-27(2)36-25-38-32-14-11-10-13-31(32)33-18-16-29-17-19-34-35-15-12-21-45-43(35)48-42(34)41(29)39-24-30(44(4,5)6)20-22-46(39)28(3)23-37(33)47(38)26-40(36)49(7,8)9/h10-15,17,19-22,24-27,33,37H,3,16,18,23H2,1-2,4-9H3/q+2. The quantitative estimate of drug-likeness (QED) is 0.137. The van der Waals surface area contributed by atoms with Crippen LogP contribution in [0.1, 0.15) is 87.6 Å². The summed E-state index contributed by atoms with van der Waals surface area (Å²) in [5.74, 6) is 0.805. The minimum atomic E-state index is -1.64. The van der Waals surface area contributed by atoms with Crippen molar-refractivity contribution in [1.82, 2.24) is 4.98 Å². The summed E-state index contributed by atoms with van der Waals surface area (Å²) >= 11 is 0. The zero-order chi connectivity index (χ0) is 34.4. The number of furan rings is 1. The molecule has 0 saturated carbocycles. The van der Waals surface area contributed by atoms with Gasteiger partial charge in [-0.3, -0.25) is 0 Å². The molecule has 248 valence electrons. The van der Waals surface area contributed by atoms with Gasteiger partial charge in [0.2, 0.25) is 17.1 Å². The monoisotopic (exact) mass is 663 g/mol. The van der Waals surface area contributed by atoms with Crippen molar-refractivity contribution in [2.75, 3.05) is 0 Å². The van der Waals surface area contributed by atoms with Gasteiger partial charge in [0.05, 0.1) is 20.1 Å². The Morgan fingerprint density at radius 1 is 0.939 bits per heavy atom. The lowest BCUT2D eigenvalue weighted by atomic mass is 9.77. The van der Waals surface area contributed by atoms with Crippen LogP contribution in [0.4, 0.5) is 0 Å². The summed E-state index contributed by atoms with van der Waals surface area (Å²) in [5, 5.41) is 3.74. The van der Waals surface area contributed by atoms with Gasteiger partial charge < -0.3 is 4.42 Å². The number of aromatic nitrogens is 3. The van der Waals surface area contributed by atoms with Crippen molar-refractivity contribution < 1.29 is 13.6 Å². The molecule has 0 radical (unpaired) electrons. The first-order valence-electron chi connectivity index (χ1n) is 18.0. The van der Waals surface area contributed by atoms with E-state index in [9.17, 15) is 0 Å². The Labute approximate surface area is 292 Å². The first-order valence-corrected chi connectivity index (χ1v) is 21.5. The van der Waals surface area contributed by atoms with Crippen LogP contribution in [0.15, 0.2) is 96.3 Å². The summed E-state index contributed by atoms with van der Waals surface area (Å²) < 4.78 is 11.7. The molecule has 0 bridgehead atoms. The molecular weight excluding hydrogens is 615 g/mol. The van der Waals surface area contributed by atoms with Crippen LogP contribution in [0.25, 0.3) is 50.3 Å². The lowest BCUT2D eigenvalue weighted by Crippen LogP contribution is -2.54. The largest absolute Gasteiger partial charge is 0.437 e. The number of rotatable bonds is 2. The molecule has 2 unspecified atom stereocenters. The third kappa shape index (κ3) is 5.20. The van der Waals surface area contributed by atoms with Gasteiger partial charge in [-0.25, -0.2) is 4.98 Å². The van der Waals surface area contributed by atoms with E-state index in [2.05, 4.69) is 141 Å². The Bertz CT molecular complexity index is 2300. The van der Waals surface area contributed by atoms with Crippen LogP contribution in [0.2, 0.25) is 19.6 Å². The molecule has 2 atom stereocenters.